The Balaban J connectivity index is 1.68. The second-order valence-corrected chi connectivity index (χ2v) is 9.64. The molecule has 4 rings (SSSR count). The molecule has 0 aliphatic carbocycles. The highest BCUT2D eigenvalue weighted by atomic mass is 19.3. The van der Waals surface area contributed by atoms with Crippen LogP contribution in [0.4, 0.5) is 14.5 Å². The number of imidazole rings is 1. The molecule has 0 saturated carbocycles. The third-order valence-electron chi connectivity index (χ3n) is 7.34. The van der Waals surface area contributed by atoms with E-state index < -0.39 is 5.92 Å². The molecule has 3 aromatic heterocycles. The number of fused-ring (bicyclic) bond motifs is 1. The summed E-state index contributed by atoms with van der Waals surface area (Å²) in [5, 5.41) is 9.14. The SMILES string of the molecule is CC[C@H]1CN(C(C)c2ccc(C(C)(F)F)nc2)[C@H](CC)CN1c1cc(=O)n(C)n2cc(CC#N)nc12. The van der Waals surface area contributed by atoms with E-state index in [4.69, 9.17) is 5.26 Å². The quantitative estimate of drug-likeness (QED) is 0.490. The van der Waals surface area contributed by atoms with Crippen LogP contribution >= 0.6 is 0 Å². The number of pyridine rings is 1. The minimum Gasteiger partial charge on any atom is -0.362 e. The van der Waals surface area contributed by atoms with Gasteiger partial charge in [0.15, 0.2) is 5.65 Å². The number of rotatable bonds is 7. The molecule has 1 aliphatic heterocycles. The number of anilines is 1. The summed E-state index contributed by atoms with van der Waals surface area (Å²) in [7, 11) is 1.69. The molecule has 3 atom stereocenters. The second-order valence-electron chi connectivity index (χ2n) is 9.64. The Morgan fingerprint density at radius 1 is 1.22 bits per heavy atom. The monoisotopic (exact) mass is 497 g/mol. The molecule has 1 saturated heterocycles. The number of piperazine rings is 1. The number of aromatic nitrogens is 4. The van der Waals surface area contributed by atoms with E-state index in [1.54, 1.807) is 36.1 Å². The maximum absolute atomic E-state index is 13.6. The van der Waals surface area contributed by atoms with Gasteiger partial charge in [-0.2, -0.15) is 14.0 Å². The molecule has 0 radical (unpaired) electrons. The highest BCUT2D eigenvalue weighted by Crippen LogP contribution is 2.34. The van der Waals surface area contributed by atoms with Crippen molar-refractivity contribution >= 4 is 11.3 Å². The number of aryl methyl sites for hydroxylation is 1. The molecule has 36 heavy (non-hydrogen) atoms. The number of alkyl halides is 2. The van der Waals surface area contributed by atoms with Crippen molar-refractivity contribution in [3.8, 4) is 6.07 Å². The lowest BCUT2D eigenvalue weighted by Gasteiger charge is -2.49. The molecule has 4 heterocycles. The molecule has 8 nitrogen and oxygen atoms in total. The standard InChI is InChI=1S/C26H33F2N7O/c1-6-20-16-34(22-12-24(36)32(5)35-14-19(10-11-29)31-25(22)35)21(7-2)15-33(20)17(3)18-8-9-23(30-13-18)26(4,27)28/h8-9,12-14,17,20-21H,6-7,10,15-16H2,1-5H3/t17?,20-,21+/m1/s1. The lowest BCUT2D eigenvalue weighted by Crippen LogP contribution is -2.59. The van der Waals surface area contributed by atoms with Crippen molar-refractivity contribution in [2.75, 3.05) is 18.0 Å². The van der Waals surface area contributed by atoms with E-state index in [1.807, 2.05) is 0 Å². The predicted octanol–water partition coefficient (Wildman–Crippen LogP) is 4.05. The summed E-state index contributed by atoms with van der Waals surface area (Å²) in [6.07, 6.45) is 5.21. The molecular formula is C26H33F2N7O. The van der Waals surface area contributed by atoms with Gasteiger partial charge >= 0.3 is 0 Å². The zero-order valence-corrected chi connectivity index (χ0v) is 21.4. The molecule has 1 unspecified atom stereocenters. The van der Waals surface area contributed by atoms with Crippen LogP contribution < -0.4 is 10.5 Å². The fourth-order valence-electron chi connectivity index (χ4n) is 5.14. The molecular weight excluding hydrogens is 464 g/mol. The van der Waals surface area contributed by atoms with Crippen LogP contribution in [-0.4, -0.2) is 49.2 Å². The van der Waals surface area contributed by atoms with Crippen LogP contribution in [0.25, 0.3) is 5.65 Å². The van der Waals surface area contributed by atoms with Crippen LogP contribution in [0.1, 0.15) is 63.5 Å². The van der Waals surface area contributed by atoms with Crippen molar-refractivity contribution in [3.05, 3.63) is 57.9 Å². The summed E-state index contributed by atoms with van der Waals surface area (Å²) >= 11 is 0. The Hall–Kier alpha value is -3.32. The van der Waals surface area contributed by atoms with Gasteiger partial charge in [-0.05, 0) is 31.4 Å². The lowest BCUT2D eigenvalue weighted by atomic mass is 9.97. The van der Waals surface area contributed by atoms with E-state index in [9.17, 15) is 13.6 Å². The van der Waals surface area contributed by atoms with Gasteiger partial charge in [-0.25, -0.2) is 14.2 Å². The van der Waals surface area contributed by atoms with Crippen LogP contribution in [0.5, 0.6) is 0 Å². The molecule has 0 aromatic carbocycles. The zero-order chi connectivity index (χ0) is 26.2. The Morgan fingerprint density at radius 2 is 1.94 bits per heavy atom. The van der Waals surface area contributed by atoms with Crippen LogP contribution in [0.2, 0.25) is 0 Å². The molecule has 3 aromatic rings. The fourth-order valence-corrected chi connectivity index (χ4v) is 5.14. The molecule has 1 fully saturated rings. The molecule has 10 heteroatoms. The van der Waals surface area contributed by atoms with Gasteiger partial charge in [-0.1, -0.05) is 19.9 Å². The van der Waals surface area contributed by atoms with Gasteiger partial charge in [0.2, 0.25) is 0 Å². The first-order valence-electron chi connectivity index (χ1n) is 12.4. The van der Waals surface area contributed by atoms with E-state index in [0.29, 0.717) is 17.9 Å². The zero-order valence-electron chi connectivity index (χ0n) is 21.4. The van der Waals surface area contributed by atoms with Crippen LogP contribution in [0, 0.1) is 11.3 Å². The van der Waals surface area contributed by atoms with E-state index in [0.717, 1.165) is 37.6 Å². The third-order valence-corrected chi connectivity index (χ3v) is 7.34. The fraction of sp³-hybridized carbons (Fsp3) is 0.538. The number of hydrogen-bond donors (Lipinski definition) is 0. The van der Waals surface area contributed by atoms with Crippen LogP contribution in [-0.2, 0) is 19.4 Å². The minimum atomic E-state index is -2.97. The van der Waals surface area contributed by atoms with Gasteiger partial charge in [0.25, 0.3) is 11.5 Å². The summed E-state index contributed by atoms with van der Waals surface area (Å²) < 4.78 is 30.5. The summed E-state index contributed by atoms with van der Waals surface area (Å²) in [5.41, 5.74) is 2.59. The van der Waals surface area contributed by atoms with Crippen molar-refractivity contribution in [1.82, 2.24) is 24.1 Å². The highest BCUT2D eigenvalue weighted by Gasteiger charge is 2.36. The van der Waals surface area contributed by atoms with Gasteiger partial charge in [-0.3, -0.25) is 14.7 Å². The number of nitrogens with zero attached hydrogens (tertiary/aromatic N) is 7. The maximum Gasteiger partial charge on any atom is 0.286 e. The van der Waals surface area contributed by atoms with Crippen molar-refractivity contribution < 1.29 is 8.78 Å². The molecule has 0 bridgehead atoms. The topological polar surface area (TPSA) is 82.5 Å². The average molecular weight is 498 g/mol. The number of nitriles is 1. The van der Waals surface area contributed by atoms with E-state index in [-0.39, 0.29) is 35.8 Å². The molecule has 0 amide bonds. The van der Waals surface area contributed by atoms with Gasteiger partial charge in [0.1, 0.15) is 5.69 Å². The average Bonchev–Trinajstić information content (AvgIpc) is 3.29. The second kappa shape index (κ2) is 9.97. The Bertz CT molecular complexity index is 1320. The minimum absolute atomic E-state index is 0.00417. The first-order chi connectivity index (χ1) is 17.1. The Labute approximate surface area is 209 Å². The third kappa shape index (κ3) is 4.72. The van der Waals surface area contributed by atoms with Gasteiger partial charge in [0.05, 0.1) is 30.1 Å². The van der Waals surface area contributed by atoms with Gasteiger partial charge in [0, 0.05) is 57.4 Å². The van der Waals surface area contributed by atoms with Crippen molar-refractivity contribution in [3.63, 3.8) is 0 Å². The van der Waals surface area contributed by atoms with Crippen molar-refractivity contribution in [2.24, 2.45) is 7.05 Å². The summed E-state index contributed by atoms with van der Waals surface area (Å²) in [6, 6.07) is 7.22. The maximum atomic E-state index is 13.6. The van der Waals surface area contributed by atoms with E-state index in [2.05, 4.69) is 46.6 Å². The summed E-state index contributed by atoms with van der Waals surface area (Å²) in [4.78, 5) is 26.2. The molecule has 1 aliphatic rings. The lowest BCUT2D eigenvalue weighted by molar-refractivity contribution is 0.0126. The van der Waals surface area contributed by atoms with E-state index >= 15 is 0 Å². The van der Waals surface area contributed by atoms with E-state index in [1.165, 1.54) is 10.7 Å². The normalized spacial score (nSPS) is 20.0. The van der Waals surface area contributed by atoms with Gasteiger partial charge in [-0.15, -0.1) is 0 Å². The highest BCUT2D eigenvalue weighted by molar-refractivity contribution is 5.69. The molecule has 192 valence electrons. The predicted molar refractivity (Wildman–Crippen MR) is 134 cm³/mol. The largest absolute Gasteiger partial charge is 0.362 e. The Kier molecular flexibility index (Phi) is 7.14. The first-order valence-corrected chi connectivity index (χ1v) is 12.4. The number of hydrogen-bond acceptors (Lipinski definition) is 6. The molecule has 0 spiro atoms. The van der Waals surface area contributed by atoms with Crippen molar-refractivity contribution in [1.29, 1.82) is 5.26 Å². The number of halogens is 2. The smallest absolute Gasteiger partial charge is 0.286 e. The first kappa shape index (κ1) is 25.8. The van der Waals surface area contributed by atoms with Crippen LogP contribution in [0.3, 0.4) is 0 Å². The van der Waals surface area contributed by atoms with Crippen LogP contribution in [0.15, 0.2) is 35.4 Å². The summed E-state index contributed by atoms with van der Waals surface area (Å²) in [6.45, 7) is 8.64. The molecule has 0 N–H and O–H groups in total. The van der Waals surface area contributed by atoms with Crippen molar-refractivity contribution in [2.45, 2.75) is 71.0 Å². The van der Waals surface area contributed by atoms with Gasteiger partial charge < -0.3 is 4.90 Å². The Morgan fingerprint density at radius 3 is 2.53 bits per heavy atom. The summed E-state index contributed by atoms with van der Waals surface area (Å²) in [5.74, 6) is -2.97.